The lowest BCUT2D eigenvalue weighted by molar-refractivity contribution is -1.00. The van der Waals surface area contributed by atoms with Crippen LogP contribution in [0.15, 0.2) is 0 Å². The molecule has 0 saturated carbocycles. The van der Waals surface area contributed by atoms with Crippen molar-refractivity contribution in [3.05, 3.63) is 0 Å². The molecule has 2 unspecified atom stereocenters. The summed E-state index contributed by atoms with van der Waals surface area (Å²) in [7, 11) is 4.57. The molecule has 0 amide bonds. The van der Waals surface area contributed by atoms with Gasteiger partial charge in [0.2, 0.25) is 0 Å². The lowest BCUT2D eigenvalue weighted by atomic mass is 9.97. The van der Waals surface area contributed by atoms with Gasteiger partial charge in [-0.2, -0.15) is 5.01 Å². The zero-order valence-electron chi connectivity index (χ0n) is 10.2. The lowest BCUT2D eigenvalue weighted by Gasteiger charge is -2.45. The Bertz CT molecular complexity index is 169. The fraction of sp³-hybridized carbons (Fsp3) is 1.00. The van der Waals surface area contributed by atoms with Crippen LogP contribution in [0.4, 0.5) is 0 Å². The summed E-state index contributed by atoms with van der Waals surface area (Å²) in [4.78, 5) is 0. The van der Waals surface area contributed by atoms with Gasteiger partial charge in [0.05, 0.1) is 33.7 Å². The van der Waals surface area contributed by atoms with Crippen LogP contribution in [0, 0.1) is 5.92 Å². The van der Waals surface area contributed by atoms with Crippen molar-refractivity contribution in [3.63, 3.8) is 0 Å². The molecule has 1 rings (SSSR count). The average Bonchev–Trinajstić information content (AvgIpc) is 2.02. The summed E-state index contributed by atoms with van der Waals surface area (Å²) >= 11 is 0. The predicted octanol–water partition coefficient (Wildman–Crippen LogP) is 1.06. The van der Waals surface area contributed by atoms with Crippen molar-refractivity contribution in [3.8, 4) is 0 Å². The van der Waals surface area contributed by atoms with E-state index in [2.05, 4.69) is 33.0 Å². The second kappa shape index (κ2) is 4.60. The SMILES string of the molecule is CCC[N+](C)(C)N1CC(C)CC(N)C1. The molecule has 2 atom stereocenters. The van der Waals surface area contributed by atoms with Crippen LogP contribution < -0.4 is 5.73 Å². The summed E-state index contributed by atoms with van der Waals surface area (Å²) in [6, 6.07) is 0.369. The molecule has 2 N–H and O–H groups in total. The summed E-state index contributed by atoms with van der Waals surface area (Å²) in [5, 5.41) is 2.52. The summed E-state index contributed by atoms with van der Waals surface area (Å²) < 4.78 is 0.995. The van der Waals surface area contributed by atoms with Gasteiger partial charge in [0.25, 0.3) is 0 Å². The highest BCUT2D eigenvalue weighted by atomic mass is 15.7. The monoisotopic (exact) mass is 200 g/mol. The number of hydrogen-bond donors (Lipinski definition) is 1. The van der Waals surface area contributed by atoms with E-state index in [9.17, 15) is 0 Å². The molecule has 1 saturated heterocycles. The van der Waals surface area contributed by atoms with Gasteiger partial charge in [-0.05, 0) is 18.8 Å². The van der Waals surface area contributed by atoms with E-state index in [0.717, 1.165) is 17.1 Å². The van der Waals surface area contributed by atoms with Crippen LogP contribution in [0.3, 0.4) is 0 Å². The van der Waals surface area contributed by atoms with E-state index in [0.29, 0.717) is 6.04 Å². The Balaban J connectivity index is 2.57. The molecular weight excluding hydrogens is 174 g/mol. The van der Waals surface area contributed by atoms with Crippen LogP contribution in [0.5, 0.6) is 0 Å². The van der Waals surface area contributed by atoms with E-state index in [1.807, 2.05) is 0 Å². The highest BCUT2D eigenvalue weighted by Crippen LogP contribution is 2.19. The number of hydrogen-bond acceptors (Lipinski definition) is 2. The van der Waals surface area contributed by atoms with Crippen molar-refractivity contribution in [2.24, 2.45) is 11.7 Å². The molecule has 0 aromatic carbocycles. The third-order valence-electron chi connectivity index (χ3n) is 3.21. The molecule has 14 heavy (non-hydrogen) atoms. The Morgan fingerprint density at radius 1 is 1.36 bits per heavy atom. The molecule has 84 valence electrons. The van der Waals surface area contributed by atoms with Crippen LogP contribution in [-0.2, 0) is 0 Å². The maximum Gasteiger partial charge on any atom is 0.0957 e. The van der Waals surface area contributed by atoms with Crippen LogP contribution in [-0.4, -0.2) is 49.4 Å². The summed E-state index contributed by atoms with van der Waals surface area (Å²) in [5.41, 5.74) is 6.06. The normalized spacial score (nSPS) is 30.6. The van der Waals surface area contributed by atoms with E-state index in [1.165, 1.54) is 25.9 Å². The topological polar surface area (TPSA) is 29.3 Å². The Hall–Kier alpha value is -0.120. The van der Waals surface area contributed by atoms with Gasteiger partial charge in [0.15, 0.2) is 0 Å². The molecule has 1 aliphatic rings. The first-order valence-corrected chi connectivity index (χ1v) is 5.79. The van der Waals surface area contributed by atoms with Crippen LogP contribution in [0.2, 0.25) is 0 Å². The van der Waals surface area contributed by atoms with Gasteiger partial charge in [0.1, 0.15) is 0 Å². The third-order valence-corrected chi connectivity index (χ3v) is 3.21. The third kappa shape index (κ3) is 2.94. The zero-order chi connectivity index (χ0) is 10.8. The van der Waals surface area contributed by atoms with Gasteiger partial charge < -0.3 is 5.73 Å². The van der Waals surface area contributed by atoms with Gasteiger partial charge in [-0.1, -0.05) is 13.8 Å². The van der Waals surface area contributed by atoms with Gasteiger partial charge in [-0.3, -0.25) is 0 Å². The molecule has 0 radical (unpaired) electrons. The summed E-state index contributed by atoms with van der Waals surface area (Å²) in [6.45, 7) is 8.00. The minimum atomic E-state index is 0.369. The first-order chi connectivity index (χ1) is 6.45. The Morgan fingerprint density at radius 3 is 2.50 bits per heavy atom. The molecule has 3 heteroatoms. The lowest BCUT2D eigenvalue weighted by Crippen LogP contribution is -2.61. The van der Waals surface area contributed by atoms with Gasteiger partial charge >= 0.3 is 0 Å². The smallest absolute Gasteiger partial charge is 0.0957 e. The van der Waals surface area contributed by atoms with Crippen molar-refractivity contribution in [2.45, 2.75) is 32.7 Å². The number of piperidine rings is 1. The molecular formula is C11H26N3+. The maximum absolute atomic E-state index is 6.06. The minimum Gasteiger partial charge on any atom is -0.326 e. The van der Waals surface area contributed by atoms with E-state index < -0.39 is 0 Å². The maximum atomic E-state index is 6.06. The molecule has 0 aliphatic carbocycles. The van der Waals surface area contributed by atoms with Crippen LogP contribution in [0.1, 0.15) is 26.7 Å². The van der Waals surface area contributed by atoms with Crippen LogP contribution in [0.25, 0.3) is 0 Å². The minimum absolute atomic E-state index is 0.369. The summed E-state index contributed by atoms with van der Waals surface area (Å²) in [5.74, 6) is 0.744. The predicted molar refractivity (Wildman–Crippen MR) is 60.6 cm³/mol. The fourth-order valence-corrected chi connectivity index (χ4v) is 2.50. The second-order valence-corrected chi connectivity index (χ2v) is 5.32. The van der Waals surface area contributed by atoms with Crippen molar-refractivity contribution >= 4 is 0 Å². The van der Waals surface area contributed by atoms with Gasteiger partial charge in [0, 0.05) is 6.04 Å². The van der Waals surface area contributed by atoms with Crippen LogP contribution >= 0.6 is 0 Å². The van der Waals surface area contributed by atoms with Crippen molar-refractivity contribution < 1.29 is 4.59 Å². The standard InChI is InChI=1S/C11H26N3/c1-5-6-14(3,4)13-8-10(2)7-11(12)9-13/h10-11H,5-9,12H2,1-4H3/q+1. The molecule has 0 aromatic heterocycles. The number of nitrogens with two attached hydrogens (primary N) is 1. The quantitative estimate of drug-likeness (QED) is 0.690. The second-order valence-electron chi connectivity index (χ2n) is 5.32. The molecule has 0 spiro atoms. The Labute approximate surface area is 88.4 Å². The molecule has 0 aromatic rings. The molecule has 1 fully saturated rings. The Morgan fingerprint density at radius 2 is 2.00 bits per heavy atom. The van der Waals surface area contributed by atoms with Gasteiger partial charge in [-0.25, -0.2) is 4.59 Å². The largest absolute Gasteiger partial charge is 0.326 e. The molecule has 1 aliphatic heterocycles. The summed E-state index contributed by atoms with van der Waals surface area (Å²) in [6.07, 6.45) is 2.41. The molecule has 0 bridgehead atoms. The van der Waals surface area contributed by atoms with E-state index in [4.69, 9.17) is 5.73 Å². The number of rotatable bonds is 3. The van der Waals surface area contributed by atoms with E-state index in [1.54, 1.807) is 0 Å². The average molecular weight is 200 g/mol. The number of nitrogens with zero attached hydrogens (tertiary/aromatic N) is 2. The van der Waals surface area contributed by atoms with Gasteiger partial charge in [-0.15, -0.1) is 0 Å². The molecule has 1 heterocycles. The first-order valence-electron chi connectivity index (χ1n) is 5.79. The zero-order valence-corrected chi connectivity index (χ0v) is 10.2. The first kappa shape index (κ1) is 12.0. The van der Waals surface area contributed by atoms with E-state index in [-0.39, 0.29) is 0 Å². The molecule has 3 nitrogen and oxygen atoms in total. The van der Waals surface area contributed by atoms with Crippen molar-refractivity contribution in [2.75, 3.05) is 33.7 Å². The van der Waals surface area contributed by atoms with Crippen molar-refractivity contribution in [1.29, 1.82) is 0 Å². The highest BCUT2D eigenvalue weighted by Gasteiger charge is 2.32. The van der Waals surface area contributed by atoms with Crippen molar-refractivity contribution in [1.82, 2.24) is 5.01 Å². The fourth-order valence-electron chi connectivity index (χ4n) is 2.50. The Kier molecular flexibility index (Phi) is 3.93. The highest BCUT2D eigenvalue weighted by molar-refractivity contribution is 4.75. The number of quaternary nitrogens is 1. The van der Waals surface area contributed by atoms with E-state index >= 15 is 0 Å².